The summed E-state index contributed by atoms with van der Waals surface area (Å²) >= 11 is 1.23. The minimum atomic E-state index is -1.01. The minimum absolute atomic E-state index is 0.163. The van der Waals surface area contributed by atoms with Gasteiger partial charge in [-0.15, -0.1) is 11.8 Å². The number of likely N-dealkylation sites (tertiary alicyclic amines) is 1. The van der Waals surface area contributed by atoms with E-state index in [4.69, 9.17) is 5.26 Å². The number of carboxylic acid groups (broad SMARTS) is 1. The number of carbonyl (C=O) groups is 2. The number of hydrogen-bond acceptors (Lipinski definition) is 4. The Bertz CT molecular complexity index is 367. The minimum Gasteiger partial charge on any atom is -0.479 e. The molecule has 0 aromatic carbocycles. The maximum atomic E-state index is 12.0. The van der Waals surface area contributed by atoms with Gasteiger partial charge in [-0.05, 0) is 19.3 Å². The maximum Gasteiger partial charge on any atom is 0.329 e. The van der Waals surface area contributed by atoms with Gasteiger partial charge in [0.25, 0.3) is 0 Å². The molecule has 1 aliphatic heterocycles. The predicted molar refractivity (Wildman–Crippen MR) is 69.2 cm³/mol. The van der Waals surface area contributed by atoms with E-state index in [1.807, 2.05) is 13.0 Å². The third-order valence-electron chi connectivity index (χ3n) is 3.24. The van der Waals surface area contributed by atoms with Crippen LogP contribution in [0.4, 0.5) is 0 Å². The van der Waals surface area contributed by atoms with Crippen molar-refractivity contribution in [3.8, 4) is 6.07 Å². The summed E-state index contributed by atoms with van der Waals surface area (Å²) in [7, 11) is 0. The number of rotatable bonds is 6. The van der Waals surface area contributed by atoms with Crippen molar-refractivity contribution < 1.29 is 14.7 Å². The Balaban J connectivity index is 2.76. The summed E-state index contributed by atoms with van der Waals surface area (Å²) in [6.45, 7) is 2.44. The van der Waals surface area contributed by atoms with Crippen molar-refractivity contribution in [3.05, 3.63) is 0 Å². The summed E-state index contributed by atoms with van der Waals surface area (Å²) in [5, 5.41) is 17.9. The van der Waals surface area contributed by atoms with Gasteiger partial charge in [0, 0.05) is 6.54 Å². The number of nitrogens with zero attached hydrogens (tertiary/aromatic N) is 2. The van der Waals surface area contributed by atoms with Crippen molar-refractivity contribution in [2.75, 3.05) is 18.1 Å². The summed E-state index contributed by atoms with van der Waals surface area (Å²) in [5.41, 5.74) is -1.01. The third-order valence-corrected chi connectivity index (χ3v) is 4.03. The van der Waals surface area contributed by atoms with Crippen LogP contribution in [0.3, 0.4) is 0 Å². The highest BCUT2D eigenvalue weighted by Crippen LogP contribution is 2.34. The van der Waals surface area contributed by atoms with Crippen molar-refractivity contribution in [3.63, 3.8) is 0 Å². The molecule has 1 unspecified atom stereocenters. The lowest BCUT2D eigenvalue weighted by molar-refractivity contribution is -0.156. The zero-order chi connectivity index (χ0) is 13.6. The van der Waals surface area contributed by atoms with Crippen LogP contribution >= 0.6 is 11.8 Å². The number of hydrogen-bond donors (Lipinski definition) is 1. The Labute approximate surface area is 111 Å². The zero-order valence-corrected chi connectivity index (χ0v) is 11.3. The molecule has 0 radical (unpaired) electrons. The fourth-order valence-corrected chi connectivity index (χ4v) is 3.03. The maximum absolute atomic E-state index is 12.0. The van der Waals surface area contributed by atoms with Crippen LogP contribution in [0, 0.1) is 11.3 Å². The average molecular weight is 270 g/mol. The van der Waals surface area contributed by atoms with Crippen LogP contribution in [0.5, 0.6) is 0 Å². The van der Waals surface area contributed by atoms with E-state index in [0.29, 0.717) is 19.4 Å². The van der Waals surface area contributed by atoms with Gasteiger partial charge in [0.1, 0.15) is 5.54 Å². The first kappa shape index (κ1) is 14.8. The van der Waals surface area contributed by atoms with E-state index in [0.717, 1.165) is 12.8 Å². The number of carboxylic acids is 1. The van der Waals surface area contributed by atoms with Gasteiger partial charge < -0.3 is 10.0 Å². The number of amides is 1. The zero-order valence-electron chi connectivity index (χ0n) is 10.5. The van der Waals surface area contributed by atoms with Gasteiger partial charge in [-0.2, -0.15) is 5.26 Å². The molecule has 0 aliphatic carbocycles. The number of nitriles is 1. The van der Waals surface area contributed by atoms with Crippen molar-refractivity contribution in [1.82, 2.24) is 4.90 Å². The molecule has 1 amide bonds. The van der Waals surface area contributed by atoms with Gasteiger partial charge >= 0.3 is 5.97 Å². The van der Waals surface area contributed by atoms with Gasteiger partial charge in [0.05, 0.1) is 17.6 Å². The lowest BCUT2D eigenvalue weighted by Gasteiger charge is -2.34. The van der Waals surface area contributed by atoms with Gasteiger partial charge in [-0.3, -0.25) is 4.79 Å². The summed E-state index contributed by atoms with van der Waals surface area (Å²) in [4.78, 5) is 25.1. The van der Waals surface area contributed by atoms with Crippen molar-refractivity contribution >= 4 is 23.6 Å². The second kappa shape index (κ2) is 6.64. The molecule has 0 saturated carbocycles. The summed E-state index contributed by atoms with van der Waals surface area (Å²) in [6, 6.07) is 1.96. The fraction of sp³-hybridized carbons (Fsp3) is 0.750. The highest BCUT2D eigenvalue weighted by atomic mass is 32.2. The van der Waals surface area contributed by atoms with Crippen LogP contribution in [0.15, 0.2) is 0 Å². The first-order chi connectivity index (χ1) is 8.58. The van der Waals surface area contributed by atoms with Crippen molar-refractivity contribution in [2.45, 2.75) is 38.1 Å². The van der Waals surface area contributed by atoms with Crippen LogP contribution in [0.1, 0.15) is 32.6 Å². The Kier molecular flexibility index (Phi) is 5.48. The highest BCUT2D eigenvalue weighted by molar-refractivity contribution is 8.00. The van der Waals surface area contributed by atoms with Crippen molar-refractivity contribution in [2.24, 2.45) is 0 Å². The lowest BCUT2D eigenvalue weighted by Crippen LogP contribution is -2.53. The van der Waals surface area contributed by atoms with E-state index in [2.05, 4.69) is 0 Å². The summed E-state index contributed by atoms with van der Waals surface area (Å²) in [6.07, 6.45) is 2.50. The first-order valence-electron chi connectivity index (χ1n) is 6.07. The number of carbonyl (C=O) groups excluding carboxylic acids is 1. The Morgan fingerprint density at radius 2 is 2.28 bits per heavy atom. The predicted octanol–water partition coefficient (Wildman–Crippen LogP) is 1.49. The van der Waals surface area contributed by atoms with Gasteiger partial charge in [0.2, 0.25) is 5.91 Å². The molecule has 1 aliphatic rings. The molecular weight excluding hydrogens is 252 g/mol. The smallest absolute Gasteiger partial charge is 0.329 e. The van der Waals surface area contributed by atoms with Crippen LogP contribution in [-0.2, 0) is 9.59 Å². The van der Waals surface area contributed by atoms with E-state index in [9.17, 15) is 14.7 Å². The number of aliphatic carboxylic acids is 1. The monoisotopic (exact) mass is 270 g/mol. The van der Waals surface area contributed by atoms with Crippen LogP contribution in [0.25, 0.3) is 0 Å². The lowest BCUT2D eigenvalue weighted by atomic mass is 9.90. The quantitative estimate of drug-likeness (QED) is 0.739. The average Bonchev–Trinajstić information content (AvgIpc) is 2.75. The highest BCUT2D eigenvalue weighted by Gasteiger charge is 2.48. The summed E-state index contributed by atoms with van der Waals surface area (Å²) in [5.74, 6) is -0.621. The van der Waals surface area contributed by atoms with Crippen LogP contribution in [-0.4, -0.2) is 45.5 Å². The van der Waals surface area contributed by atoms with E-state index in [-0.39, 0.29) is 17.4 Å². The number of thioether (sulfide) groups is 1. The van der Waals surface area contributed by atoms with E-state index < -0.39 is 11.5 Å². The molecule has 0 aromatic heterocycles. The second-order valence-electron chi connectivity index (χ2n) is 4.39. The SMILES string of the molecule is CCCC1(C(=O)O)CCCN1C(=O)CSCC#N. The molecule has 0 spiro atoms. The molecule has 1 saturated heterocycles. The van der Waals surface area contributed by atoms with Gasteiger partial charge in [0.15, 0.2) is 0 Å². The standard InChI is InChI=1S/C12H18N2O3S/c1-2-4-12(11(16)17)5-3-7-14(12)10(15)9-18-8-6-13/h2-5,7-9H2,1H3,(H,16,17). The molecule has 6 heteroatoms. The second-order valence-corrected chi connectivity index (χ2v) is 5.37. The molecule has 5 nitrogen and oxygen atoms in total. The Morgan fingerprint density at radius 1 is 1.56 bits per heavy atom. The molecular formula is C12H18N2O3S. The largest absolute Gasteiger partial charge is 0.479 e. The van der Waals surface area contributed by atoms with E-state index in [1.54, 1.807) is 0 Å². The van der Waals surface area contributed by atoms with E-state index in [1.165, 1.54) is 16.7 Å². The normalized spacial score (nSPS) is 22.8. The molecule has 18 heavy (non-hydrogen) atoms. The molecule has 1 N–H and O–H groups in total. The fourth-order valence-electron chi connectivity index (χ4n) is 2.51. The topological polar surface area (TPSA) is 81.4 Å². The van der Waals surface area contributed by atoms with Crippen LogP contribution in [0.2, 0.25) is 0 Å². The van der Waals surface area contributed by atoms with E-state index >= 15 is 0 Å². The third kappa shape index (κ3) is 2.96. The molecule has 1 fully saturated rings. The van der Waals surface area contributed by atoms with Gasteiger partial charge in [-0.1, -0.05) is 13.3 Å². The summed E-state index contributed by atoms with van der Waals surface area (Å²) < 4.78 is 0. The van der Waals surface area contributed by atoms with Crippen LogP contribution < -0.4 is 0 Å². The molecule has 100 valence electrons. The van der Waals surface area contributed by atoms with Gasteiger partial charge in [-0.25, -0.2) is 4.79 Å². The molecule has 0 bridgehead atoms. The molecule has 1 heterocycles. The first-order valence-corrected chi connectivity index (χ1v) is 7.22. The Morgan fingerprint density at radius 3 is 2.83 bits per heavy atom. The Hall–Kier alpha value is -1.22. The van der Waals surface area contributed by atoms with Crippen molar-refractivity contribution in [1.29, 1.82) is 5.26 Å². The molecule has 0 aromatic rings. The molecule has 1 atom stereocenters. The molecule has 1 rings (SSSR count).